The predicted molar refractivity (Wildman–Crippen MR) is 63.3 cm³/mol. The van der Waals surface area contributed by atoms with Crippen molar-refractivity contribution in [3.8, 4) is 0 Å². The van der Waals surface area contributed by atoms with Crippen molar-refractivity contribution in [2.24, 2.45) is 0 Å². The summed E-state index contributed by atoms with van der Waals surface area (Å²) in [5, 5.41) is 2.67. The van der Waals surface area contributed by atoms with Crippen molar-refractivity contribution < 1.29 is 9.21 Å². The number of pyridine rings is 1. The summed E-state index contributed by atoms with van der Waals surface area (Å²) in [6.45, 7) is 1.79. The van der Waals surface area contributed by atoms with Gasteiger partial charge in [0.15, 0.2) is 0 Å². The highest BCUT2D eigenvalue weighted by atomic mass is 79.9. The van der Waals surface area contributed by atoms with E-state index in [2.05, 4.69) is 26.2 Å². The van der Waals surface area contributed by atoms with Crippen molar-refractivity contribution in [3.05, 3.63) is 46.5 Å². The van der Waals surface area contributed by atoms with Crippen molar-refractivity contribution >= 4 is 27.7 Å². The highest BCUT2D eigenvalue weighted by Crippen LogP contribution is 2.12. The van der Waals surface area contributed by atoms with Gasteiger partial charge in [-0.15, -0.1) is 0 Å². The maximum Gasteiger partial charge on any atom is 0.260 e. The number of nitrogens with one attached hydrogen (secondary N) is 1. The first-order chi connectivity index (χ1) is 7.65. The van der Waals surface area contributed by atoms with Gasteiger partial charge in [-0.25, -0.2) is 4.98 Å². The van der Waals surface area contributed by atoms with Gasteiger partial charge in [0.1, 0.15) is 22.4 Å². The Morgan fingerprint density at radius 1 is 1.50 bits per heavy atom. The molecule has 1 N–H and O–H groups in total. The zero-order chi connectivity index (χ0) is 11.5. The molecule has 0 aromatic carbocycles. The molecule has 0 bridgehead atoms. The molecule has 82 valence electrons. The Balaban J connectivity index is 2.13. The van der Waals surface area contributed by atoms with E-state index in [4.69, 9.17) is 4.42 Å². The summed E-state index contributed by atoms with van der Waals surface area (Å²) in [5.74, 6) is 0.966. The van der Waals surface area contributed by atoms with Gasteiger partial charge in [-0.05, 0) is 41.1 Å². The molecule has 0 unspecified atom stereocenters. The Morgan fingerprint density at radius 3 is 2.94 bits per heavy atom. The van der Waals surface area contributed by atoms with E-state index in [-0.39, 0.29) is 5.91 Å². The first-order valence-electron chi connectivity index (χ1n) is 4.64. The van der Waals surface area contributed by atoms with Crippen molar-refractivity contribution in [3.63, 3.8) is 0 Å². The Morgan fingerprint density at radius 2 is 2.31 bits per heavy atom. The Kier molecular flexibility index (Phi) is 3.05. The third kappa shape index (κ3) is 2.49. The lowest BCUT2D eigenvalue weighted by Crippen LogP contribution is -2.11. The Hall–Kier alpha value is -1.62. The molecule has 2 aromatic heterocycles. The van der Waals surface area contributed by atoms with E-state index in [9.17, 15) is 4.79 Å². The van der Waals surface area contributed by atoms with E-state index in [1.165, 1.54) is 6.26 Å². The van der Waals surface area contributed by atoms with Crippen LogP contribution in [-0.4, -0.2) is 10.9 Å². The van der Waals surface area contributed by atoms with Crippen molar-refractivity contribution in [1.29, 1.82) is 0 Å². The van der Waals surface area contributed by atoms with Crippen LogP contribution in [0.15, 0.2) is 39.5 Å². The minimum absolute atomic E-state index is 0.234. The summed E-state index contributed by atoms with van der Waals surface area (Å²) in [7, 11) is 0. The summed E-state index contributed by atoms with van der Waals surface area (Å²) >= 11 is 3.23. The van der Waals surface area contributed by atoms with E-state index in [1.54, 1.807) is 31.2 Å². The minimum atomic E-state index is -0.234. The molecule has 0 atom stereocenters. The van der Waals surface area contributed by atoms with Crippen LogP contribution in [0, 0.1) is 6.92 Å². The average Bonchev–Trinajstić information content (AvgIpc) is 2.65. The first-order valence-corrected chi connectivity index (χ1v) is 5.43. The first kappa shape index (κ1) is 10.9. The zero-order valence-electron chi connectivity index (χ0n) is 8.53. The lowest BCUT2D eigenvalue weighted by Gasteiger charge is -2.01. The van der Waals surface area contributed by atoms with Crippen LogP contribution in [0.25, 0.3) is 0 Å². The molecule has 1 amide bonds. The fourth-order valence-corrected chi connectivity index (χ4v) is 1.57. The molecule has 0 saturated carbocycles. The van der Waals surface area contributed by atoms with Crippen molar-refractivity contribution in [1.82, 2.24) is 4.98 Å². The molecule has 0 aliphatic heterocycles. The largest absolute Gasteiger partial charge is 0.469 e. The molecule has 4 nitrogen and oxygen atoms in total. The summed E-state index contributed by atoms with van der Waals surface area (Å²) in [6.07, 6.45) is 1.42. The number of carbonyl (C=O) groups is 1. The maximum atomic E-state index is 11.7. The van der Waals surface area contributed by atoms with Gasteiger partial charge in [0.25, 0.3) is 5.91 Å². The maximum absolute atomic E-state index is 11.7. The Labute approximate surface area is 101 Å². The third-order valence-corrected chi connectivity index (χ3v) is 2.39. The highest BCUT2D eigenvalue weighted by molar-refractivity contribution is 9.10. The molecule has 0 saturated heterocycles. The normalized spacial score (nSPS) is 10.1. The SMILES string of the molecule is Cc1cc(C(=O)Nc2cccc(Br)n2)co1. The lowest BCUT2D eigenvalue weighted by molar-refractivity contribution is 0.102. The topological polar surface area (TPSA) is 55.1 Å². The van der Waals surface area contributed by atoms with E-state index in [1.807, 2.05) is 0 Å². The second-order valence-corrected chi connectivity index (χ2v) is 4.06. The number of hydrogen-bond donors (Lipinski definition) is 1. The fourth-order valence-electron chi connectivity index (χ4n) is 1.23. The monoisotopic (exact) mass is 280 g/mol. The molecule has 16 heavy (non-hydrogen) atoms. The van der Waals surface area contributed by atoms with Crippen molar-refractivity contribution in [2.75, 3.05) is 5.32 Å². The number of carbonyl (C=O) groups excluding carboxylic acids is 1. The molecule has 5 heteroatoms. The van der Waals surface area contributed by atoms with Gasteiger partial charge in [0.05, 0.1) is 5.56 Å². The van der Waals surface area contributed by atoms with Gasteiger partial charge in [0, 0.05) is 0 Å². The number of halogens is 1. The number of nitrogens with zero attached hydrogens (tertiary/aromatic N) is 1. The molecular weight excluding hydrogens is 272 g/mol. The van der Waals surface area contributed by atoms with E-state index in [0.29, 0.717) is 21.7 Å². The molecule has 0 radical (unpaired) electrons. The molecule has 0 aliphatic rings. The van der Waals surface area contributed by atoms with Gasteiger partial charge in [-0.1, -0.05) is 6.07 Å². The molecule has 2 rings (SSSR count). The quantitative estimate of drug-likeness (QED) is 0.861. The highest BCUT2D eigenvalue weighted by Gasteiger charge is 2.09. The van der Waals surface area contributed by atoms with Crippen LogP contribution in [0.4, 0.5) is 5.82 Å². The average molecular weight is 281 g/mol. The van der Waals surface area contributed by atoms with Gasteiger partial charge in [-0.2, -0.15) is 0 Å². The van der Waals surface area contributed by atoms with Crippen LogP contribution in [0.2, 0.25) is 0 Å². The van der Waals surface area contributed by atoms with Gasteiger partial charge in [0.2, 0.25) is 0 Å². The summed E-state index contributed by atoms with van der Waals surface area (Å²) in [4.78, 5) is 15.8. The van der Waals surface area contributed by atoms with E-state index >= 15 is 0 Å². The van der Waals surface area contributed by atoms with Crippen LogP contribution >= 0.6 is 15.9 Å². The Bertz CT molecular complexity index is 522. The summed E-state index contributed by atoms with van der Waals surface area (Å²) < 4.78 is 5.73. The number of aromatic nitrogens is 1. The van der Waals surface area contributed by atoms with E-state index < -0.39 is 0 Å². The molecule has 0 spiro atoms. The number of amides is 1. The second kappa shape index (κ2) is 4.49. The van der Waals surface area contributed by atoms with Gasteiger partial charge < -0.3 is 9.73 Å². The second-order valence-electron chi connectivity index (χ2n) is 3.25. The molecular formula is C11H9BrN2O2. The van der Waals surface area contributed by atoms with E-state index in [0.717, 1.165) is 0 Å². The molecule has 0 aliphatic carbocycles. The van der Waals surface area contributed by atoms with Crippen LogP contribution in [-0.2, 0) is 0 Å². The smallest absolute Gasteiger partial charge is 0.260 e. The van der Waals surface area contributed by atoms with Crippen molar-refractivity contribution in [2.45, 2.75) is 6.92 Å². The molecule has 2 heterocycles. The summed E-state index contributed by atoms with van der Waals surface area (Å²) in [5.41, 5.74) is 0.485. The lowest BCUT2D eigenvalue weighted by atomic mass is 10.3. The number of anilines is 1. The van der Waals surface area contributed by atoms with Gasteiger partial charge >= 0.3 is 0 Å². The van der Waals surface area contributed by atoms with Crippen LogP contribution in [0.5, 0.6) is 0 Å². The van der Waals surface area contributed by atoms with Crippen LogP contribution in [0.1, 0.15) is 16.1 Å². The van der Waals surface area contributed by atoms with Crippen LogP contribution < -0.4 is 5.32 Å². The van der Waals surface area contributed by atoms with Crippen LogP contribution in [0.3, 0.4) is 0 Å². The fraction of sp³-hybridized carbons (Fsp3) is 0.0909. The third-order valence-electron chi connectivity index (χ3n) is 1.95. The number of aryl methyl sites for hydroxylation is 1. The molecule has 2 aromatic rings. The van der Waals surface area contributed by atoms with Gasteiger partial charge in [-0.3, -0.25) is 4.79 Å². The number of hydrogen-bond acceptors (Lipinski definition) is 3. The summed E-state index contributed by atoms with van der Waals surface area (Å²) in [6, 6.07) is 6.98. The number of furan rings is 1. The zero-order valence-corrected chi connectivity index (χ0v) is 10.1. The predicted octanol–water partition coefficient (Wildman–Crippen LogP) is 3.00. The number of rotatable bonds is 2. The molecule has 0 fully saturated rings. The standard InChI is InChI=1S/C11H9BrN2O2/c1-7-5-8(6-16-7)11(15)14-10-4-2-3-9(12)13-10/h2-6H,1H3,(H,13,14,15). The minimum Gasteiger partial charge on any atom is -0.469 e.